The summed E-state index contributed by atoms with van der Waals surface area (Å²) >= 11 is 0. The fraction of sp³-hybridized carbons (Fsp3) is 0.417. The van der Waals surface area contributed by atoms with Gasteiger partial charge in [-0.3, -0.25) is 4.99 Å². The van der Waals surface area contributed by atoms with E-state index >= 15 is 0 Å². The van der Waals surface area contributed by atoms with Crippen molar-refractivity contribution in [3.05, 3.63) is 36.2 Å². The molecule has 0 amide bonds. The Morgan fingerprint density at radius 3 is 3.00 bits per heavy atom. The van der Waals surface area contributed by atoms with Gasteiger partial charge in [0.1, 0.15) is 5.84 Å². The van der Waals surface area contributed by atoms with E-state index in [0.717, 1.165) is 18.8 Å². The molecule has 2 aliphatic heterocycles. The van der Waals surface area contributed by atoms with Crippen molar-refractivity contribution in [3.63, 3.8) is 0 Å². The summed E-state index contributed by atoms with van der Waals surface area (Å²) in [5.74, 6) is 1.63. The zero-order chi connectivity index (χ0) is 9.97. The molecule has 0 radical (unpaired) electrons. The van der Waals surface area contributed by atoms with Crippen LogP contribution in [-0.4, -0.2) is 17.3 Å². The maximum atomic E-state index is 4.49. The molecule has 0 aromatic carbocycles. The first-order valence-electron chi connectivity index (χ1n) is 5.16. The maximum Gasteiger partial charge on any atom is 0.131 e. The van der Waals surface area contributed by atoms with Crippen LogP contribution < -0.4 is 0 Å². The Morgan fingerprint density at radius 2 is 2.21 bits per heavy atom. The Labute approximate surface area is 85.3 Å². The van der Waals surface area contributed by atoms with Crippen LogP contribution in [0.5, 0.6) is 0 Å². The van der Waals surface area contributed by atoms with Crippen molar-refractivity contribution in [2.24, 2.45) is 10.9 Å². The molecule has 2 rings (SSSR count). The van der Waals surface area contributed by atoms with Crippen LogP contribution in [-0.2, 0) is 0 Å². The molecule has 0 aliphatic carbocycles. The summed E-state index contributed by atoms with van der Waals surface area (Å²) in [5.41, 5.74) is 1.36. The molecule has 0 bridgehead atoms. The molecule has 0 N–H and O–H groups in total. The summed E-state index contributed by atoms with van der Waals surface area (Å²) in [6.07, 6.45) is 11.8. The highest BCUT2D eigenvalue weighted by atomic mass is 15.2. The minimum Gasteiger partial charge on any atom is -0.309 e. The van der Waals surface area contributed by atoms with Crippen LogP contribution in [0.2, 0.25) is 0 Å². The quantitative estimate of drug-likeness (QED) is 0.617. The predicted octanol–water partition coefficient (Wildman–Crippen LogP) is 2.71. The lowest BCUT2D eigenvalue weighted by Crippen LogP contribution is -2.21. The molecule has 2 nitrogen and oxygen atoms in total. The van der Waals surface area contributed by atoms with E-state index in [1.54, 1.807) is 0 Å². The molecule has 0 saturated carbocycles. The highest BCUT2D eigenvalue weighted by Crippen LogP contribution is 2.18. The number of hydrogen-bond donors (Lipinski definition) is 0. The van der Waals surface area contributed by atoms with Gasteiger partial charge in [-0.1, -0.05) is 26.0 Å². The summed E-state index contributed by atoms with van der Waals surface area (Å²) in [6.45, 7) is 5.32. The maximum absolute atomic E-state index is 4.49. The van der Waals surface area contributed by atoms with Gasteiger partial charge < -0.3 is 4.90 Å². The van der Waals surface area contributed by atoms with Crippen LogP contribution in [0.4, 0.5) is 0 Å². The minimum absolute atomic E-state index is 0.574. The number of nitrogens with zero attached hydrogens (tertiary/aromatic N) is 2. The summed E-state index contributed by atoms with van der Waals surface area (Å²) < 4.78 is 0. The third kappa shape index (κ3) is 1.79. The van der Waals surface area contributed by atoms with E-state index in [9.17, 15) is 0 Å². The molecule has 0 unspecified atom stereocenters. The third-order valence-corrected chi connectivity index (χ3v) is 2.48. The predicted molar refractivity (Wildman–Crippen MR) is 60.0 cm³/mol. The van der Waals surface area contributed by atoms with Gasteiger partial charge in [0, 0.05) is 18.9 Å². The smallest absolute Gasteiger partial charge is 0.131 e. The van der Waals surface area contributed by atoms with Gasteiger partial charge in [-0.25, -0.2) is 0 Å². The number of rotatable bonds is 1. The second-order valence-corrected chi connectivity index (χ2v) is 3.94. The monoisotopic (exact) mass is 188 g/mol. The molecular formula is C12H16N2. The Morgan fingerprint density at radius 1 is 1.36 bits per heavy atom. The Balaban J connectivity index is 2.28. The average molecular weight is 188 g/mol. The average Bonchev–Trinajstić information content (AvgIpc) is 2.41. The number of fused-ring (bicyclic) bond motifs is 1. The Hall–Kier alpha value is -1.31. The van der Waals surface area contributed by atoms with Crippen molar-refractivity contribution in [2.45, 2.75) is 20.3 Å². The van der Waals surface area contributed by atoms with Crippen molar-refractivity contribution >= 4 is 5.84 Å². The Bertz CT molecular complexity index is 332. The normalized spacial score (nSPS) is 20.4. The molecule has 0 aromatic rings. The zero-order valence-electron chi connectivity index (χ0n) is 8.77. The molecule has 0 saturated heterocycles. The standard InChI is InChI=1S/C12H16N2/c1-10(2)11-5-6-12-13-7-3-4-8-14(12)9-11/h4-6,8-10H,3,7H2,1-2H3. The van der Waals surface area contributed by atoms with Crippen LogP contribution in [0.25, 0.3) is 0 Å². The number of hydrogen-bond acceptors (Lipinski definition) is 2. The molecule has 14 heavy (non-hydrogen) atoms. The molecule has 2 aliphatic rings. The first-order chi connectivity index (χ1) is 6.77. The Kier molecular flexibility index (Phi) is 2.53. The van der Waals surface area contributed by atoms with Crippen LogP contribution >= 0.6 is 0 Å². The molecule has 2 heterocycles. The topological polar surface area (TPSA) is 15.6 Å². The summed E-state index contributed by atoms with van der Waals surface area (Å²) in [7, 11) is 0. The number of amidine groups is 1. The summed E-state index contributed by atoms with van der Waals surface area (Å²) in [5, 5.41) is 0. The van der Waals surface area contributed by atoms with Crippen LogP contribution in [0, 0.1) is 5.92 Å². The lowest BCUT2D eigenvalue weighted by Gasteiger charge is -2.21. The van der Waals surface area contributed by atoms with Crippen LogP contribution in [0.3, 0.4) is 0 Å². The van der Waals surface area contributed by atoms with Gasteiger partial charge in [-0.05, 0) is 24.0 Å². The van der Waals surface area contributed by atoms with Gasteiger partial charge >= 0.3 is 0 Å². The second-order valence-electron chi connectivity index (χ2n) is 3.94. The molecule has 0 aromatic heterocycles. The zero-order valence-corrected chi connectivity index (χ0v) is 8.77. The van der Waals surface area contributed by atoms with Gasteiger partial charge in [-0.2, -0.15) is 0 Å². The highest BCUT2D eigenvalue weighted by Gasteiger charge is 2.12. The lowest BCUT2D eigenvalue weighted by molar-refractivity contribution is 0.701. The van der Waals surface area contributed by atoms with Crippen molar-refractivity contribution in [3.8, 4) is 0 Å². The van der Waals surface area contributed by atoms with E-state index < -0.39 is 0 Å². The number of aliphatic imine (C=N–C) groups is 1. The van der Waals surface area contributed by atoms with Crippen molar-refractivity contribution in [1.82, 2.24) is 4.90 Å². The van der Waals surface area contributed by atoms with E-state index in [2.05, 4.69) is 54.4 Å². The van der Waals surface area contributed by atoms with Crippen LogP contribution in [0.15, 0.2) is 41.2 Å². The second kappa shape index (κ2) is 3.82. The van der Waals surface area contributed by atoms with Gasteiger partial charge in [0.15, 0.2) is 0 Å². The van der Waals surface area contributed by atoms with Gasteiger partial charge in [-0.15, -0.1) is 0 Å². The van der Waals surface area contributed by atoms with Crippen molar-refractivity contribution in [1.29, 1.82) is 0 Å². The van der Waals surface area contributed by atoms with Gasteiger partial charge in [0.25, 0.3) is 0 Å². The van der Waals surface area contributed by atoms with E-state index in [1.807, 2.05) is 0 Å². The van der Waals surface area contributed by atoms with Gasteiger partial charge in [0.05, 0.1) is 0 Å². The van der Waals surface area contributed by atoms with Crippen LogP contribution in [0.1, 0.15) is 20.3 Å². The molecule has 0 atom stereocenters. The highest BCUT2D eigenvalue weighted by molar-refractivity contribution is 5.96. The first-order valence-corrected chi connectivity index (χ1v) is 5.16. The van der Waals surface area contributed by atoms with E-state index in [1.165, 1.54) is 5.57 Å². The minimum atomic E-state index is 0.574. The molecule has 2 heteroatoms. The fourth-order valence-electron chi connectivity index (χ4n) is 1.56. The van der Waals surface area contributed by atoms with Crippen molar-refractivity contribution in [2.75, 3.05) is 6.54 Å². The fourth-order valence-corrected chi connectivity index (χ4v) is 1.56. The number of allylic oxidation sites excluding steroid dienone is 2. The van der Waals surface area contributed by atoms with Crippen molar-refractivity contribution < 1.29 is 0 Å². The summed E-state index contributed by atoms with van der Waals surface area (Å²) in [4.78, 5) is 6.60. The SMILES string of the molecule is CC(C)C1=CN2C=CCCN=C2C=C1. The molecule has 74 valence electrons. The van der Waals surface area contributed by atoms with E-state index in [-0.39, 0.29) is 0 Å². The molecular weight excluding hydrogens is 172 g/mol. The molecule has 0 spiro atoms. The van der Waals surface area contributed by atoms with E-state index in [0.29, 0.717) is 5.92 Å². The van der Waals surface area contributed by atoms with E-state index in [4.69, 9.17) is 0 Å². The lowest BCUT2D eigenvalue weighted by atomic mass is 10.0. The first kappa shape index (κ1) is 9.25. The molecule has 0 fully saturated rings. The largest absolute Gasteiger partial charge is 0.309 e. The summed E-state index contributed by atoms with van der Waals surface area (Å²) in [6, 6.07) is 0. The third-order valence-electron chi connectivity index (χ3n) is 2.48. The van der Waals surface area contributed by atoms with Gasteiger partial charge in [0.2, 0.25) is 0 Å².